The number of piperidine rings is 1. The van der Waals surface area contributed by atoms with Gasteiger partial charge in [0.1, 0.15) is 6.61 Å². The molecule has 192 valence electrons. The largest absolute Gasteiger partial charge is 0.416 e. The van der Waals surface area contributed by atoms with Crippen LogP contribution in [0.2, 0.25) is 0 Å². The number of ether oxygens (including phenoxy) is 1. The molecule has 1 saturated heterocycles. The van der Waals surface area contributed by atoms with E-state index in [1.54, 1.807) is 0 Å². The van der Waals surface area contributed by atoms with E-state index in [9.17, 15) is 39.6 Å². The van der Waals surface area contributed by atoms with Gasteiger partial charge in [0, 0.05) is 19.5 Å². The molecule has 0 aliphatic carbocycles. The minimum Gasteiger partial charge on any atom is -0.370 e. The number of carbonyl (C=O) groups excluding carboxylic acids is 1. The molecule has 0 radical (unpaired) electrons. The molecule has 1 heterocycles. The molecule has 0 amide bonds. The van der Waals surface area contributed by atoms with Crippen molar-refractivity contribution in [3.8, 4) is 0 Å². The first-order valence-electron chi connectivity index (χ1n) is 10.6. The Morgan fingerprint density at radius 1 is 0.971 bits per heavy atom. The first-order chi connectivity index (χ1) is 16.2. The predicted octanol–water partition coefficient (Wildman–Crippen LogP) is 5.01. The zero-order valence-electron chi connectivity index (χ0n) is 18.6. The molecule has 3 rings (SSSR count). The number of hydrogen-bond acceptors (Lipinski definition) is 4. The van der Waals surface area contributed by atoms with Crippen LogP contribution < -0.4 is 0 Å². The Kier molecular flexibility index (Phi) is 7.97. The molecule has 1 fully saturated rings. The van der Waals surface area contributed by atoms with E-state index in [2.05, 4.69) is 0 Å². The van der Waals surface area contributed by atoms with Crippen molar-refractivity contribution in [1.29, 1.82) is 0 Å². The van der Waals surface area contributed by atoms with Crippen LogP contribution in [-0.4, -0.2) is 44.3 Å². The van der Waals surface area contributed by atoms with Gasteiger partial charge in [-0.3, -0.25) is 4.79 Å². The average molecular weight is 523 g/mol. The summed E-state index contributed by atoms with van der Waals surface area (Å²) >= 11 is 0. The quantitative estimate of drug-likeness (QED) is 0.479. The van der Waals surface area contributed by atoms with Gasteiger partial charge >= 0.3 is 12.4 Å². The normalized spacial score (nSPS) is 16.4. The number of rotatable bonds is 7. The molecule has 0 aromatic heterocycles. The van der Waals surface area contributed by atoms with Crippen molar-refractivity contribution in [2.75, 3.05) is 19.7 Å². The summed E-state index contributed by atoms with van der Waals surface area (Å²) in [5.74, 6) is -0.428. The Balaban J connectivity index is 1.54. The summed E-state index contributed by atoms with van der Waals surface area (Å²) in [5, 5.41) is 0. The van der Waals surface area contributed by atoms with Crippen molar-refractivity contribution in [2.24, 2.45) is 0 Å². The number of benzene rings is 2. The van der Waals surface area contributed by atoms with E-state index in [4.69, 9.17) is 4.74 Å². The van der Waals surface area contributed by atoms with Crippen LogP contribution in [0.1, 0.15) is 35.1 Å². The number of alkyl halides is 6. The minimum atomic E-state index is -4.67. The van der Waals surface area contributed by atoms with E-state index in [1.807, 2.05) is 0 Å². The van der Waals surface area contributed by atoms with Gasteiger partial charge in [-0.05, 0) is 55.7 Å². The zero-order chi connectivity index (χ0) is 26.0. The summed E-state index contributed by atoms with van der Waals surface area (Å²) < 4.78 is 110. The zero-order valence-corrected chi connectivity index (χ0v) is 19.4. The second kappa shape index (κ2) is 10.3. The van der Waals surface area contributed by atoms with Gasteiger partial charge in [0.15, 0.2) is 5.78 Å². The van der Waals surface area contributed by atoms with E-state index < -0.39 is 50.3 Å². The molecule has 2 aromatic carbocycles. The fourth-order valence-electron chi connectivity index (χ4n) is 3.84. The van der Waals surface area contributed by atoms with Crippen LogP contribution in [-0.2, 0) is 38.3 Å². The van der Waals surface area contributed by atoms with Crippen LogP contribution in [0.15, 0.2) is 47.4 Å². The van der Waals surface area contributed by atoms with Crippen LogP contribution in [0.5, 0.6) is 0 Å². The fraction of sp³-hybridized carbons (Fsp3) is 0.435. The lowest BCUT2D eigenvalue weighted by Crippen LogP contribution is -2.41. The average Bonchev–Trinajstić information content (AvgIpc) is 2.76. The molecule has 12 heteroatoms. The molecule has 2 aromatic rings. The van der Waals surface area contributed by atoms with Gasteiger partial charge in [-0.15, -0.1) is 0 Å². The number of nitrogens with zero attached hydrogens (tertiary/aromatic N) is 1. The summed E-state index contributed by atoms with van der Waals surface area (Å²) in [4.78, 5) is 11.8. The van der Waals surface area contributed by atoms with Crippen LogP contribution in [0.3, 0.4) is 0 Å². The van der Waals surface area contributed by atoms with Crippen molar-refractivity contribution >= 4 is 15.8 Å². The highest BCUT2D eigenvalue weighted by atomic mass is 32.2. The van der Waals surface area contributed by atoms with E-state index in [1.165, 1.54) is 13.0 Å². The number of hydrogen-bond donors (Lipinski definition) is 0. The smallest absolute Gasteiger partial charge is 0.370 e. The molecule has 5 nitrogen and oxygen atoms in total. The maximum atomic E-state index is 13.0. The van der Waals surface area contributed by atoms with Gasteiger partial charge < -0.3 is 4.74 Å². The molecule has 0 unspecified atom stereocenters. The Hall–Kier alpha value is -2.44. The number of ketones is 1. The third kappa shape index (κ3) is 7.05. The molecular formula is C23H23F6NO4S. The predicted molar refractivity (Wildman–Crippen MR) is 114 cm³/mol. The number of Topliss-reactive ketones (excluding diaryl/α,β-unsaturated/α-hetero) is 1. The second-order valence-electron chi connectivity index (χ2n) is 8.36. The van der Waals surface area contributed by atoms with Gasteiger partial charge in [-0.1, -0.05) is 17.7 Å². The SMILES string of the molecule is Cc1cc(CC(=O)COC2CCN(S(=O)(=O)c3cccc(C(F)(F)F)c3)CC2)cc(C(F)(F)F)c1. The Labute approximate surface area is 198 Å². The lowest BCUT2D eigenvalue weighted by atomic mass is 10.0. The van der Waals surface area contributed by atoms with Gasteiger partial charge in [0.05, 0.1) is 22.1 Å². The van der Waals surface area contributed by atoms with Crippen molar-refractivity contribution in [3.05, 3.63) is 64.7 Å². The van der Waals surface area contributed by atoms with E-state index in [-0.39, 0.29) is 44.5 Å². The van der Waals surface area contributed by atoms with Gasteiger partial charge in [0.2, 0.25) is 10.0 Å². The van der Waals surface area contributed by atoms with E-state index >= 15 is 0 Å². The highest BCUT2D eigenvalue weighted by molar-refractivity contribution is 7.89. The first kappa shape index (κ1) is 27.2. The Morgan fingerprint density at radius 3 is 2.20 bits per heavy atom. The highest BCUT2D eigenvalue weighted by Crippen LogP contribution is 2.32. The molecule has 1 aliphatic rings. The summed E-state index contributed by atoms with van der Waals surface area (Å²) in [6, 6.07) is 6.91. The van der Waals surface area contributed by atoms with E-state index in [0.29, 0.717) is 11.6 Å². The Bertz CT molecular complexity index is 1170. The molecule has 0 N–H and O–H groups in total. The monoisotopic (exact) mass is 523 g/mol. The molecule has 0 spiro atoms. The molecule has 0 bridgehead atoms. The molecule has 0 saturated carbocycles. The maximum Gasteiger partial charge on any atom is 0.416 e. The third-order valence-electron chi connectivity index (χ3n) is 5.55. The number of aryl methyl sites for hydroxylation is 1. The van der Waals surface area contributed by atoms with Crippen LogP contribution in [0.4, 0.5) is 26.3 Å². The van der Waals surface area contributed by atoms with Crippen molar-refractivity contribution in [3.63, 3.8) is 0 Å². The van der Waals surface area contributed by atoms with Crippen molar-refractivity contribution < 1.29 is 44.3 Å². The molecule has 35 heavy (non-hydrogen) atoms. The number of halogens is 6. The highest BCUT2D eigenvalue weighted by Gasteiger charge is 2.34. The third-order valence-corrected chi connectivity index (χ3v) is 7.44. The molecular weight excluding hydrogens is 500 g/mol. The topological polar surface area (TPSA) is 63.7 Å². The summed E-state index contributed by atoms with van der Waals surface area (Å²) in [7, 11) is -4.14. The number of sulfonamides is 1. The standard InChI is InChI=1S/C23H23F6NO4S/c1-15-9-16(11-18(10-15)23(27,28)29)12-19(31)14-34-20-5-7-30(8-6-20)35(32,33)21-4-2-3-17(13-21)22(24,25)26/h2-4,9-11,13,20H,5-8,12,14H2,1H3. The van der Waals surface area contributed by atoms with Gasteiger partial charge in [-0.25, -0.2) is 8.42 Å². The van der Waals surface area contributed by atoms with Crippen LogP contribution >= 0.6 is 0 Å². The maximum absolute atomic E-state index is 13.0. The summed E-state index contributed by atoms with van der Waals surface area (Å²) in [5.41, 5.74) is -1.31. The fourth-order valence-corrected chi connectivity index (χ4v) is 5.35. The lowest BCUT2D eigenvalue weighted by molar-refractivity contribution is -0.138. The first-order valence-corrected chi connectivity index (χ1v) is 12.1. The Morgan fingerprint density at radius 2 is 1.60 bits per heavy atom. The van der Waals surface area contributed by atoms with Gasteiger partial charge in [0.25, 0.3) is 0 Å². The minimum absolute atomic E-state index is 0.00966. The van der Waals surface area contributed by atoms with Crippen molar-refractivity contribution in [2.45, 2.75) is 49.5 Å². The van der Waals surface area contributed by atoms with Crippen LogP contribution in [0.25, 0.3) is 0 Å². The summed E-state index contributed by atoms with van der Waals surface area (Å²) in [6.45, 7) is 1.13. The summed E-state index contributed by atoms with van der Waals surface area (Å²) in [6.07, 6.45) is -9.47. The van der Waals surface area contributed by atoms with Gasteiger partial charge in [-0.2, -0.15) is 30.6 Å². The number of carbonyl (C=O) groups is 1. The molecule has 1 aliphatic heterocycles. The lowest BCUT2D eigenvalue weighted by Gasteiger charge is -2.31. The van der Waals surface area contributed by atoms with Crippen molar-refractivity contribution in [1.82, 2.24) is 4.31 Å². The van der Waals surface area contributed by atoms with Crippen LogP contribution in [0, 0.1) is 6.92 Å². The van der Waals surface area contributed by atoms with E-state index in [0.717, 1.165) is 34.6 Å². The molecule has 0 atom stereocenters. The second-order valence-corrected chi connectivity index (χ2v) is 10.3.